The quantitative estimate of drug-likeness (QED) is 0.0827. The number of halogens is 2. The molecule has 3 aromatic carbocycles. The normalized spacial score (nSPS) is 13.4. The van der Waals surface area contributed by atoms with Gasteiger partial charge >= 0.3 is 0 Å². The van der Waals surface area contributed by atoms with Crippen molar-refractivity contribution in [1.29, 1.82) is 0 Å². The molecule has 53 heavy (non-hydrogen) atoms. The first-order valence-electron chi connectivity index (χ1n) is 17.9. The van der Waals surface area contributed by atoms with Crippen molar-refractivity contribution in [2.75, 3.05) is 32.8 Å². The average Bonchev–Trinajstić information content (AvgIpc) is 3.17. The first-order chi connectivity index (χ1) is 25.7. The number of aromatic nitrogens is 2. The van der Waals surface area contributed by atoms with Crippen molar-refractivity contribution in [3.8, 4) is 23.1 Å². The zero-order valence-electron chi connectivity index (χ0n) is 30.3. The van der Waals surface area contributed by atoms with Gasteiger partial charge in [0.05, 0.1) is 17.8 Å². The number of aryl methyl sites for hydroxylation is 1. The minimum Gasteiger partial charge on any atom is -0.493 e. The highest BCUT2D eigenvalue weighted by atomic mass is 35.5. The molecule has 1 saturated heterocycles. The predicted molar refractivity (Wildman–Crippen MR) is 211 cm³/mol. The summed E-state index contributed by atoms with van der Waals surface area (Å²) in [5.41, 5.74) is 6.37. The van der Waals surface area contributed by atoms with E-state index >= 15 is 0 Å². The van der Waals surface area contributed by atoms with Crippen molar-refractivity contribution < 1.29 is 19.0 Å². The van der Waals surface area contributed by atoms with E-state index in [-0.39, 0.29) is 5.91 Å². The summed E-state index contributed by atoms with van der Waals surface area (Å²) in [6.07, 6.45) is 7.53. The number of amides is 1. The molecule has 1 amide bonds. The number of pyridine rings is 2. The van der Waals surface area contributed by atoms with E-state index in [0.717, 1.165) is 48.5 Å². The van der Waals surface area contributed by atoms with Gasteiger partial charge in [0.25, 0.3) is 0 Å². The number of benzene rings is 3. The van der Waals surface area contributed by atoms with E-state index in [4.69, 9.17) is 37.4 Å². The third-order valence-corrected chi connectivity index (χ3v) is 9.60. The lowest BCUT2D eigenvalue weighted by atomic mass is 10.0. The van der Waals surface area contributed by atoms with Crippen molar-refractivity contribution in [2.45, 2.75) is 46.3 Å². The molecule has 2 aromatic heterocycles. The van der Waals surface area contributed by atoms with Crippen LogP contribution in [0.2, 0.25) is 10.2 Å². The van der Waals surface area contributed by atoms with Crippen molar-refractivity contribution in [2.24, 2.45) is 0 Å². The number of rotatable bonds is 14. The molecule has 0 N–H and O–H groups in total. The second-order valence-electron chi connectivity index (χ2n) is 13.4. The maximum absolute atomic E-state index is 13.1. The van der Waals surface area contributed by atoms with Gasteiger partial charge in [-0.05, 0) is 83.1 Å². The summed E-state index contributed by atoms with van der Waals surface area (Å²) in [4.78, 5) is 25.8. The van der Waals surface area contributed by atoms with E-state index in [1.807, 2.05) is 24.0 Å². The minimum absolute atomic E-state index is 0.0139. The van der Waals surface area contributed by atoms with Gasteiger partial charge in [0.15, 0.2) is 5.75 Å². The highest BCUT2D eigenvalue weighted by Crippen LogP contribution is 2.34. The van der Waals surface area contributed by atoms with Gasteiger partial charge in [0, 0.05) is 63.0 Å². The van der Waals surface area contributed by atoms with Gasteiger partial charge in [0.1, 0.15) is 23.3 Å². The van der Waals surface area contributed by atoms with E-state index in [9.17, 15) is 4.79 Å². The first kappa shape index (κ1) is 37.9. The van der Waals surface area contributed by atoms with Crippen LogP contribution in [0.5, 0.6) is 23.1 Å². The van der Waals surface area contributed by atoms with Crippen molar-refractivity contribution in [3.63, 3.8) is 0 Å². The van der Waals surface area contributed by atoms with Gasteiger partial charge in [0.2, 0.25) is 11.8 Å². The van der Waals surface area contributed by atoms with Gasteiger partial charge < -0.3 is 19.1 Å². The van der Waals surface area contributed by atoms with Crippen LogP contribution in [-0.2, 0) is 24.4 Å². The SMILES string of the molecule is Cc1cc(C=CC(=O)N2CCN(Cc3ccc(CCOc4ccc(C(C)C)cc4)cc3)CC2)cc(Cl)c1Oc1ccc(OCc2ccc(Cl)nc2)cn1. The summed E-state index contributed by atoms with van der Waals surface area (Å²) < 4.78 is 17.7. The summed E-state index contributed by atoms with van der Waals surface area (Å²) in [5.74, 6) is 2.89. The molecule has 3 heterocycles. The molecule has 0 bridgehead atoms. The minimum atomic E-state index is -0.0139. The largest absolute Gasteiger partial charge is 0.493 e. The zero-order valence-corrected chi connectivity index (χ0v) is 31.8. The molecule has 0 saturated carbocycles. The molecule has 1 aliphatic rings. The summed E-state index contributed by atoms with van der Waals surface area (Å²) in [7, 11) is 0. The molecule has 0 unspecified atom stereocenters. The summed E-state index contributed by atoms with van der Waals surface area (Å²) >= 11 is 12.5. The lowest BCUT2D eigenvalue weighted by molar-refractivity contribution is -0.127. The average molecular weight is 752 g/mol. The third kappa shape index (κ3) is 11.1. The molecule has 10 heteroatoms. The van der Waals surface area contributed by atoms with E-state index in [0.29, 0.717) is 59.8 Å². The number of nitrogens with zero attached hydrogens (tertiary/aromatic N) is 4. The third-order valence-electron chi connectivity index (χ3n) is 9.10. The molecule has 6 rings (SSSR count). The van der Waals surface area contributed by atoms with Crippen LogP contribution in [0.3, 0.4) is 0 Å². The number of carbonyl (C=O) groups excluding carboxylic acids is 1. The number of hydrogen-bond acceptors (Lipinski definition) is 7. The number of hydrogen-bond donors (Lipinski definition) is 0. The second kappa shape index (κ2) is 18.2. The molecule has 1 aliphatic heterocycles. The van der Waals surface area contributed by atoms with Gasteiger partial charge in [-0.25, -0.2) is 9.97 Å². The van der Waals surface area contributed by atoms with Crippen LogP contribution in [0.1, 0.15) is 53.1 Å². The summed E-state index contributed by atoms with van der Waals surface area (Å²) in [5, 5.41) is 0.862. The zero-order chi connectivity index (χ0) is 37.2. The second-order valence-corrected chi connectivity index (χ2v) is 14.2. The number of piperazine rings is 1. The van der Waals surface area contributed by atoms with Gasteiger partial charge in [-0.2, -0.15) is 0 Å². The Bertz CT molecular complexity index is 1950. The maximum atomic E-state index is 13.1. The summed E-state index contributed by atoms with van der Waals surface area (Å²) in [6.45, 7) is 11.1. The van der Waals surface area contributed by atoms with Crippen LogP contribution < -0.4 is 14.2 Å². The van der Waals surface area contributed by atoms with Crippen LogP contribution in [0, 0.1) is 6.92 Å². The Kier molecular flexibility index (Phi) is 13.0. The molecule has 0 atom stereocenters. The monoisotopic (exact) mass is 750 g/mol. The lowest BCUT2D eigenvalue weighted by Gasteiger charge is -2.34. The molecular formula is C43H44Cl2N4O4. The van der Waals surface area contributed by atoms with Crippen LogP contribution in [-0.4, -0.2) is 58.5 Å². The topological polar surface area (TPSA) is 77.0 Å². The highest BCUT2D eigenvalue weighted by molar-refractivity contribution is 6.32. The summed E-state index contributed by atoms with van der Waals surface area (Å²) in [6, 6.07) is 27.9. The fraction of sp³-hybridized carbons (Fsp3) is 0.279. The first-order valence-corrected chi connectivity index (χ1v) is 18.6. The van der Waals surface area contributed by atoms with Crippen LogP contribution in [0.15, 0.2) is 103 Å². The van der Waals surface area contributed by atoms with Crippen LogP contribution in [0.4, 0.5) is 0 Å². The van der Waals surface area contributed by atoms with E-state index < -0.39 is 0 Å². The van der Waals surface area contributed by atoms with E-state index in [1.54, 1.807) is 48.8 Å². The molecule has 8 nitrogen and oxygen atoms in total. The van der Waals surface area contributed by atoms with Crippen molar-refractivity contribution in [1.82, 2.24) is 19.8 Å². The van der Waals surface area contributed by atoms with Crippen molar-refractivity contribution in [3.05, 3.63) is 147 Å². The Labute approximate surface area is 322 Å². The maximum Gasteiger partial charge on any atom is 0.246 e. The molecule has 0 aliphatic carbocycles. The van der Waals surface area contributed by atoms with Gasteiger partial charge in [-0.1, -0.05) is 79.5 Å². The number of ether oxygens (including phenoxy) is 3. The molecule has 0 radical (unpaired) electrons. The fourth-order valence-electron chi connectivity index (χ4n) is 5.96. The van der Waals surface area contributed by atoms with Gasteiger partial charge in [-0.3, -0.25) is 9.69 Å². The lowest BCUT2D eigenvalue weighted by Crippen LogP contribution is -2.47. The Hall–Kier alpha value is -4.89. The Morgan fingerprint density at radius 3 is 2.19 bits per heavy atom. The highest BCUT2D eigenvalue weighted by Gasteiger charge is 2.20. The Morgan fingerprint density at radius 1 is 0.811 bits per heavy atom. The van der Waals surface area contributed by atoms with Crippen LogP contribution >= 0.6 is 23.2 Å². The molecule has 0 spiro atoms. The molecule has 5 aromatic rings. The fourth-order valence-corrected chi connectivity index (χ4v) is 6.39. The Balaban J connectivity index is 0.922. The van der Waals surface area contributed by atoms with Crippen LogP contribution in [0.25, 0.3) is 6.08 Å². The molecule has 1 fully saturated rings. The molecular weight excluding hydrogens is 707 g/mol. The van der Waals surface area contributed by atoms with E-state index in [2.05, 4.69) is 77.2 Å². The smallest absolute Gasteiger partial charge is 0.246 e. The Morgan fingerprint density at radius 2 is 1.53 bits per heavy atom. The molecule has 274 valence electrons. The standard InChI is InChI=1S/C43H44Cl2N4O4/c1-30(2)36-10-12-37(13-11-36)51-23-18-32-4-6-33(7-5-32)28-48-19-21-49(22-20-48)42(50)17-9-34-24-31(3)43(39(44)25-34)53-41-16-14-38(27-47-41)52-29-35-8-15-40(45)46-26-35/h4-17,24-27,30H,18-23,28-29H2,1-3H3. The van der Waals surface area contributed by atoms with Crippen molar-refractivity contribution >= 4 is 35.2 Å². The number of carbonyl (C=O) groups is 1. The van der Waals surface area contributed by atoms with Gasteiger partial charge in [-0.15, -0.1) is 0 Å². The predicted octanol–water partition coefficient (Wildman–Crippen LogP) is 9.57. The van der Waals surface area contributed by atoms with E-state index in [1.165, 1.54) is 16.7 Å².